The second kappa shape index (κ2) is 8.82. The van der Waals surface area contributed by atoms with E-state index >= 15 is 0 Å². The molecule has 8 nitrogen and oxygen atoms in total. The Labute approximate surface area is 142 Å². The maximum absolute atomic E-state index is 11.6. The fourth-order valence-corrected chi connectivity index (χ4v) is 1.70. The van der Waals surface area contributed by atoms with Gasteiger partial charge < -0.3 is 14.8 Å². The van der Waals surface area contributed by atoms with Crippen LogP contribution >= 0.6 is 0 Å². The molecule has 128 valence electrons. The molecule has 0 spiro atoms. The monoisotopic (exact) mass is 341 g/mol. The van der Waals surface area contributed by atoms with Crippen LogP contribution in [0.15, 0.2) is 58.3 Å². The van der Waals surface area contributed by atoms with Gasteiger partial charge in [0.1, 0.15) is 5.76 Å². The number of nitrogens with zero attached hydrogens (tertiary/aromatic N) is 1. The third kappa shape index (κ3) is 6.14. The largest absolute Gasteiger partial charge is 0.478 e. The number of hydrogen-bond donors (Lipinski definition) is 3. The van der Waals surface area contributed by atoms with Crippen LogP contribution in [-0.4, -0.2) is 35.6 Å². The lowest BCUT2D eigenvalue weighted by atomic mass is 10.1. The zero-order valence-electron chi connectivity index (χ0n) is 13.0. The summed E-state index contributed by atoms with van der Waals surface area (Å²) in [7, 11) is 0. The highest BCUT2D eigenvalue weighted by Gasteiger charge is 2.03. The molecule has 0 saturated heterocycles. The number of hydrogen-bond acceptors (Lipinski definition) is 5. The van der Waals surface area contributed by atoms with Crippen LogP contribution in [0, 0.1) is 0 Å². The fourth-order valence-electron chi connectivity index (χ4n) is 1.70. The summed E-state index contributed by atoms with van der Waals surface area (Å²) in [5.41, 5.74) is 3.03. The molecule has 8 heteroatoms. The van der Waals surface area contributed by atoms with Gasteiger partial charge in [-0.05, 0) is 35.9 Å². The molecule has 0 unspecified atom stereocenters. The summed E-state index contributed by atoms with van der Waals surface area (Å²) < 4.78 is 5.03. The third-order valence-electron chi connectivity index (χ3n) is 2.93. The Hall–Kier alpha value is -3.68. The summed E-state index contributed by atoms with van der Waals surface area (Å²) in [6.07, 6.45) is 5.58. The van der Waals surface area contributed by atoms with E-state index in [1.54, 1.807) is 24.3 Å². The van der Waals surface area contributed by atoms with Gasteiger partial charge in [-0.3, -0.25) is 9.59 Å². The van der Waals surface area contributed by atoms with Gasteiger partial charge in [0.2, 0.25) is 5.91 Å². The molecular weight excluding hydrogens is 326 g/mol. The SMILES string of the molecule is O=C(/C=C/c1ccco1)NCC(=O)N/N=C\c1ccc(C(=O)O)cc1. The zero-order valence-corrected chi connectivity index (χ0v) is 13.0. The quantitative estimate of drug-likeness (QED) is 0.398. The predicted molar refractivity (Wildman–Crippen MR) is 89.9 cm³/mol. The molecule has 1 aromatic heterocycles. The first kappa shape index (κ1) is 17.7. The Morgan fingerprint density at radius 3 is 2.56 bits per heavy atom. The number of hydrazone groups is 1. The Balaban J connectivity index is 1.72. The number of carbonyl (C=O) groups excluding carboxylic acids is 2. The lowest BCUT2D eigenvalue weighted by molar-refractivity contribution is -0.123. The standard InChI is InChI=1S/C17H15N3O5/c21-15(8-7-14-2-1-9-25-14)18-11-16(22)20-19-10-12-3-5-13(6-4-12)17(23)24/h1-10H,11H2,(H,18,21)(H,20,22)(H,23,24)/b8-7+,19-10-. The number of carbonyl (C=O) groups is 3. The summed E-state index contributed by atoms with van der Waals surface area (Å²) in [6, 6.07) is 9.35. The van der Waals surface area contributed by atoms with Crippen molar-refractivity contribution >= 4 is 30.1 Å². The van der Waals surface area contributed by atoms with Crippen molar-refractivity contribution in [1.29, 1.82) is 0 Å². The van der Waals surface area contributed by atoms with Crippen LogP contribution in [0.2, 0.25) is 0 Å². The van der Waals surface area contributed by atoms with E-state index in [0.717, 1.165) is 0 Å². The number of rotatable bonds is 7. The maximum atomic E-state index is 11.6. The molecule has 25 heavy (non-hydrogen) atoms. The summed E-state index contributed by atoms with van der Waals surface area (Å²) in [6.45, 7) is -0.239. The molecule has 0 aliphatic rings. The van der Waals surface area contributed by atoms with Crippen molar-refractivity contribution < 1.29 is 23.9 Å². The van der Waals surface area contributed by atoms with Gasteiger partial charge in [0.05, 0.1) is 24.6 Å². The summed E-state index contributed by atoms with van der Waals surface area (Å²) in [5, 5.41) is 14.9. The number of amides is 2. The molecule has 0 fully saturated rings. The number of aromatic carboxylic acids is 1. The van der Waals surface area contributed by atoms with E-state index in [0.29, 0.717) is 11.3 Å². The molecule has 0 radical (unpaired) electrons. The highest BCUT2D eigenvalue weighted by molar-refractivity contribution is 5.94. The average molecular weight is 341 g/mol. The number of carboxylic acids is 1. The summed E-state index contributed by atoms with van der Waals surface area (Å²) in [4.78, 5) is 33.8. The molecule has 0 atom stereocenters. The van der Waals surface area contributed by atoms with Crippen LogP contribution in [0.4, 0.5) is 0 Å². The molecule has 2 amide bonds. The maximum Gasteiger partial charge on any atom is 0.335 e. The smallest absolute Gasteiger partial charge is 0.335 e. The highest BCUT2D eigenvalue weighted by Crippen LogP contribution is 2.02. The molecular formula is C17H15N3O5. The van der Waals surface area contributed by atoms with Gasteiger partial charge in [-0.15, -0.1) is 0 Å². The van der Waals surface area contributed by atoms with Crippen LogP contribution in [0.5, 0.6) is 0 Å². The van der Waals surface area contributed by atoms with E-state index in [1.807, 2.05) is 0 Å². The van der Waals surface area contributed by atoms with Gasteiger partial charge in [0.25, 0.3) is 5.91 Å². The number of furan rings is 1. The van der Waals surface area contributed by atoms with E-state index in [1.165, 1.54) is 36.8 Å². The highest BCUT2D eigenvalue weighted by atomic mass is 16.4. The topological polar surface area (TPSA) is 121 Å². The third-order valence-corrected chi connectivity index (χ3v) is 2.93. The van der Waals surface area contributed by atoms with Crippen molar-refractivity contribution in [3.8, 4) is 0 Å². The van der Waals surface area contributed by atoms with Gasteiger partial charge in [0.15, 0.2) is 0 Å². The molecule has 2 rings (SSSR count). The zero-order chi connectivity index (χ0) is 18.1. The van der Waals surface area contributed by atoms with Crippen molar-refractivity contribution in [3.05, 3.63) is 65.6 Å². The molecule has 2 aromatic rings. The molecule has 1 heterocycles. The predicted octanol–water partition coefficient (Wildman–Crippen LogP) is 1.26. The molecule has 3 N–H and O–H groups in total. The minimum Gasteiger partial charge on any atom is -0.478 e. The molecule has 1 aromatic carbocycles. The van der Waals surface area contributed by atoms with E-state index < -0.39 is 17.8 Å². The lowest BCUT2D eigenvalue weighted by Crippen LogP contribution is -2.34. The van der Waals surface area contributed by atoms with Crippen molar-refractivity contribution in [2.24, 2.45) is 5.10 Å². The van der Waals surface area contributed by atoms with Gasteiger partial charge in [0, 0.05) is 6.08 Å². The van der Waals surface area contributed by atoms with Crippen molar-refractivity contribution in [2.75, 3.05) is 6.54 Å². The van der Waals surface area contributed by atoms with Gasteiger partial charge in [-0.25, -0.2) is 10.2 Å². The Morgan fingerprint density at radius 1 is 1.16 bits per heavy atom. The number of benzene rings is 1. The van der Waals surface area contributed by atoms with Crippen LogP contribution in [0.1, 0.15) is 21.7 Å². The van der Waals surface area contributed by atoms with E-state index in [9.17, 15) is 14.4 Å². The average Bonchev–Trinajstić information content (AvgIpc) is 3.12. The van der Waals surface area contributed by atoms with Gasteiger partial charge in [-0.1, -0.05) is 12.1 Å². The Bertz CT molecular complexity index is 792. The summed E-state index contributed by atoms with van der Waals surface area (Å²) in [5.74, 6) is -1.44. The normalized spacial score (nSPS) is 10.9. The van der Waals surface area contributed by atoms with Crippen molar-refractivity contribution in [3.63, 3.8) is 0 Å². The minimum atomic E-state index is -1.02. The molecule has 0 aliphatic heterocycles. The van der Waals surface area contributed by atoms with Crippen LogP contribution in [0.3, 0.4) is 0 Å². The number of carboxylic acid groups (broad SMARTS) is 1. The van der Waals surface area contributed by atoms with Crippen LogP contribution in [-0.2, 0) is 9.59 Å². The first-order chi connectivity index (χ1) is 12.0. The number of nitrogens with one attached hydrogen (secondary N) is 2. The van der Waals surface area contributed by atoms with Gasteiger partial charge >= 0.3 is 5.97 Å². The van der Waals surface area contributed by atoms with Crippen LogP contribution in [0.25, 0.3) is 6.08 Å². The first-order valence-corrected chi connectivity index (χ1v) is 7.19. The lowest BCUT2D eigenvalue weighted by Gasteiger charge is -2.01. The molecule has 0 bridgehead atoms. The summed E-state index contributed by atoms with van der Waals surface area (Å²) >= 11 is 0. The Morgan fingerprint density at radius 2 is 1.92 bits per heavy atom. The minimum absolute atomic E-state index is 0.159. The van der Waals surface area contributed by atoms with Crippen LogP contribution < -0.4 is 10.7 Å². The van der Waals surface area contributed by atoms with Crippen molar-refractivity contribution in [1.82, 2.24) is 10.7 Å². The van der Waals surface area contributed by atoms with E-state index in [-0.39, 0.29) is 12.1 Å². The molecule has 0 aliphatic carbocycles. The Kier molecular flexibility index (Phi) is 6.24. The fraction of sp³-hybridized carbons (Fsp3) is 0.0588. The molecule has 0 saturated carbocycles. The second-order valence-corrected chi connectivity index (χ2v) is 4.79. The van der Waals surface area contributed by atoms with E-state index in [2.05, 4.69) is 15.8 Å². The van der Waals surface area contributed by atoms with Gasteiger partial charge in [-0.2, -0.15) is 5.10 Å². The second-order valence-electron chi connectivity index (χ2n) is 4.79. The van der Waals surface area contributed by atoms with E-state index in [4.69, 9.17) is 9.52 Å². The van der Waals surface area contributed by atoms with Crippen molar-refractivity contribution in [2.45, 2.75) is 0 Å². The first-order valence-electron chi connectivity index (χ1n) is 7.19.